The molecule has 2 aromatic carbocycles. The predicted molar refractivity (Wildman–Crippen MR) is 89.8 cm³/mol. The quantitative estimate of drug-likeness (QED) is 0.879. The van der Waals surface area contributed by atoms with Crippen molar-refractivity contribution in [1.82, 2.24) is 4.90 Å². The largest absolute Gasteiger partial charge is 0.516 e. The molecule has 0 spiro atoms. The van der Waals surface area contributed by atoms with E-state index < -0.39 is 15.5 Å². The highest BCUT2D eigenvalue weighted by Gasteiger charge is 2.46. The van der Waals surface area contributed by atoms with E-state index in [4.69, 9.17) is 0 Å². The van der Waals surface area contributed by atoms with Gasteiger partial charge in [-0.2, -0.15) is 21.6 Å². The number of nitrogens with zero attached hydrogens (tertiary/aromatic N) is 1. The summed E-state index contributed by atoms with van der Waals surface area (Å²) in [6, 6.07) is 11.0. The number of carbonyl (C=O) groups excluding carboxylic acids is 1. The first-order valence-corrected chi connectivity index (χ1v) is 9.12. The lowest BCUT2D eigenvalue weighted by atomic mass is 10.1. The summed E-state index contributed by atoms with van der Waals surface area (Å²) < 4.78 is 60.8. The van der Waals surface area contributed by atoms with Crippen molar-refractivity contribution in [2.24, 2.45) is 0 Å². The molecule has 0 bridgehead atoms. The van der Waals surface area contributed by atoms with Crippen molar-refractivity contribution in [3.63, 3.8) is 0 Å². The van der Waals surface area contributed by atoms with Gasteiger partial charge in [-0.15, -0.1) is 0 Å². The Morgan fingerprint density at radius 3 is 2.38 bits per heavy atom. The number of anilines is 1. The monoisotopic (exact) mass is 384 g/mol. The molecule has 5 nitrogen and oxygen atoms in total. The van der Waals surface area contributed by atoms with Gasteiger partial charge in [0.15, 0.2) is 0 Å². The smallest absolute Gasteiger partial charge is 0.330 e. The first-order chi connectivity index (χ1) is 12.1. The van der Waals surface area contributed by atoms with Crippen molar-refractivity contribution in [3.8, 4) is 0 Å². The molecule has 0 saturated heterocycles. The summed E-state index contributed by atoms with van der Waals surface area (Å²) in [5, 5.41) is 0. The van der Waals surface area contributed by atoms with Crippen LogP contribution in [0.25, 0.3) is 0 Å². The second kappa shape index (κ2) is 6.31. The van der Waals surface area contributed by atoms with Gasteiger partial charge in [-0.05, 0) is 36.2 Å². The molecule has 2 aromatic rings. The topological polar surface area (TPSA) is 66.5 Å². The predicted octanol–water partition coefficient (Wildman–Crippen LogP) is 3.41. The maximum Gasteiger partial charge on any atom is 0.516 e. The van der Waals surface area contributed by atoms with E-state index in [1.54, 1.807) is 11.0 Å². The van der Waals surface area contributed by atoms with E-state index in [1.165, 1.54) is 29.0 Å². The minimum absolute atomic E-state index is 0.109. The van der Waals surface area contributed by atoms with Gasteiger partial charge in [0.05, 0.1) is 0 Å². The summed E-state index contributed by atoms with van der Waals surface area (Å²) >= 11 is 0. The number of nitrogens with one attached hydrogen (secondary N) is 1. The van der Waals surface area contributed by atoms with Crippen LogP contribution in [0.4, 0.5) is 18.9 Å². The molecular weight excluding hydrogens is 369 g/mol. The zero-order valence-corrected chi connectivity index (χ0v) is 14.5. The highest BCUT2D eigenvalue weighted by molar-refractivity contribution is 7.93. The van der Waals surface area contributed by atoms with E-state index in [2.05, 4.69) is 0 Å². The summed E-state index contributed by atoms with van der Waals surface area (Å²) in [5.74, 6) is -0.109. The number of amides is 1. The van der Waals surface area contributed by atoms with Gasteiger partial charge in [-0.1, -0.05) is 29.8 Å². The van der Waals surface area contributed by atoms with Crippen LogP contribution >= 0.6 is 0 Å². The van der Waals surface area contributed by atoms with Crippen LogP contribution in [0.15, 0.2) is 42.5 Å². The van der Waals surface area contributed by atoms with Crippen LogP contribution in [0.1, 0.15) is 27.0 Å². The first-order valence-electron chi connectivity index (χ1n) is 7.64. The van der Waals surface area contributed by atoms with Crippen molar-refractivity contribution in [2.75, 3.05) is 4.72 Å². The zero-order valence-electron chi connectivity index (χ0n) is 13.7. The van der Waals surface area contributed by atoms with Gasteiger partial charge in [-0.25, -0.2) is 0 Å². The molecule has 1 N–H and O–H groups in total. The first kappa shape index (κ1) is 18.2. The second-order valence-electron chi connectivity index (χ2n) is 6.07. The summed E-state index contributed by atoms with van der Waals surface area (Å²) in [5.41, 5.74) is -2.26. The van der Waals surface area contributed by atoms with Gasteiger partial charge >= 0.3 is 15.5 Å². The van der Waals surface area contributed by atoms with Crippen molar-refractivity contribution in [2.45, 2.75) is 25.5 Å². The number of hydrogen-bond donors (Lipinski definition) is 1. The summed E-state index contributed by atoms with van der Waals surface area (Å²) in [6.45, 7) is 2.67. The lowest BCUT2D eigenvalue weighted by molar-refractivity contribution is -0.0429. The number of sulfonamides is 1. The van der Waals surface area contributed by atoms with E-state index in [1.807, 2.05) is 19.1 Å². The molecule has 1 aliphatic heterocycles. The fourth-order valence-electron chi connectivity index (χ4n) is 2.75. The Morgan fingerprint density at radius 2 is 1.77 bits per heavy atom. The molecular formula is C17H15F3N2O3S. The van der Waals surface area contributed by atoms with Crippen LogP contribution in [0.5, 0.6) is 0 Å². The Kier molecular flexibility index (Phi) is 4.43. The minimum atomic E-state index is -5.45. The van der Waals surface area contributed by atoms with Gasteiger partial charge in [0.2, 0.25) is 0 Å². The number of alkyl halides is 3. The number of aryl methyl sites for hydroxylation is 1. The Bertz CT molecular complexity index is 954. The van der Waals surface area contributed by atoms with Crippen LogP contribution in [0.3, 0.4) is 0 Å². The maximum atomic E-state index is 12.4. The number of benzene rings is 2. The fourth-order valence-corrected chi connectivity index (χ4v) is 3.31. The molecule has 1 heterocycles. The molecule has 0 fully saturated rings. The lowest BCUT2D eigenvalue weighted by Crippen LogP contribution is -2.29. The number of halogens is 3. The normalized spacial score (nSPS) is 14.5. The average molecular weight is 384 g/mol. The third-order valence-electron chi connectivity index (χ3n) is 4.02. The molecule has 0 saturated carbocycles. The molecule has 0 atom stereocenters. The second-order valence-corrected chi connectivity index (χ2v) is 7.74. The van der Waals surface area contributed by atoms with E-state index in [0.717, 1.165) is 11.1 Å². The van der Waals surface area contributed by atoms with Gasteiger partial charge < -0.3 is 4.90 Å². The fraction of sp³-hybridized carbons (Fsp3) is 0.235. The molecule has 1 aliphatic rings. The maximum absolute atomic E-state index is 12.4. The summed E-state index contributed by atoms with van der Waals surface area (Å²) in [6.07, 6.45) is 0. The minimum Gasteiger partial charge on any atom is -0.330 e. The van der Waals surface area contributed by atoms with E-state index in [0.29, 0.717) is 17.7 Å². The number of carbonyl (C=O) groups is 1. The number of fused-ring (bicyclic) bond motifs is 1. The van der Waals surface area contributed by atoms with E-state index in [9.17, 15) is 26.4 Å². The number of rotatable bonds is 4. The molecule has 1 amide bonds. The van der Waals surface area contributed by atoms with Crippen molar-refractivity contribution in [3.05, 3.63) is 64.7 Å². The van der Waals surface area contributed by atoms with Crippen molar-refractivity contribution in [1.29, 1.82) is 0 Å². The average Bonchev–Trinajstić information content (AvgIpc) is 2.83. The summed E-state index contributed by atoms with van der Waals surface area (Å²) in [4.78, 5) is 14.0. The summed E-state index contributed by atoms with van der Waals surface area (Å²) in [7, 11) is -5.45. The van der Waals surface area contributed by atoms with E-state index >= 15 is 0 Å². The van der Waals surface area contributed by atoms with Gasteiger partial charge in [-0.3, -0.25) is 9.52 Å². The van der Waals surface area contributed by atoms with Crippen LogP contribution in [0.2, 0.25) is 0 Å². The van der Waals surface area contributed by atoms with E-state index in [-0.39, 0.29) is 18.1 Å². The standard InChI is InChI=1S/C17H15F3N2O3S/c1-11-2-7-15-13(8-11)10-22(16(15)23)9-12-3-5-14(6-4-12)21-26(24,25)17(18,19)20/h2-8,21H,9-10H2,1H3. The van der Waals surface area contributed by atoms with Gasteiger partial charge in [0.25, 0.3) is 5.91 Å². The van der Waals surface area contributed by atoms with Crippen molar-refractivity contribution < 1.29 is 26.4 Å². The molecule has 0 radical (unpaired) electrons. The Balaban J connectivity index is 1.70. The van der Waals surface area contributed by atoms with Crippen molar-refractivity contribution >= 4 is 21.6 Å². The molecule has 0 aromatic heterocycles. The molecule has 9 heteroatoms. The van der Waals surface area contributed by atoms with Gasteiger partial charge in [0, 0.05) is 24.3 Å². The SMILES string of the molecule is Cc1ccc2c(c1)CN(Cc1ccc(NS(=O)(=O)C(F)(F)F)cc1)C2=O. The van der Waals surface area contributed by atoms with Crippen LogP contribution in [0, 0.1) is 6.92 Å². The Morgan fingerprint density at radius 1 is 1.12 bits per heavy atom. The number of hydrogen-bond acceptors (Lipinski definition) is 3. The highest BCUT2D eigenvalue weighted by Crippen LogP contribution is 2.27. The molecule has 3 rings (SSSR count). The Labute approximate surface area is 148 Å². The van der Waals surface area contributed by atoms with Crippen LogP contribution in [-0.2, 0) is 23.1 Å². The lowest BCUT2D eigenvalue weighted by Gasteiger charge is -2.16. The Hall–Kier alpha value is -2.55. The molecule has 0 unspecified atom stereocenters. The zero-order chi connectivity index (χ0) is 19.1. The molecule has 0 aliphatic carbocycles. The molecule has 26 heavy (non-hydrogen) atoms. The van der Waals surface area contributed by atoms with Crippen LogP contribution < -0.4 is 4.72 Å². The highest BCUT2D eigenvalue weighted by atomic mass is 32.2. The third-order valence-corrected chi connectivity index (χ3v) is 5.14. The third kappa shape index (κ3) is 3.52. The van der Waals surface area contributed by atoms with Gasteiger partial charge in [0.1, 0.15) is 0 Å². The molecule has 138 valence electrons. The van der Waals surface area contributed by atoms with Crippen LogP contribution in [-0.4, -0.2) is 24.7 Å².